The Hall–Kier alpha value is -2.45. The number of amides is 1. The minimum absolute atomic E-state index is 0.149. The first-order valence-corrected chi connectivity index (χ1v) is 8.86. The minimum atomic E-state index is -0.149. The molecule has 4 aromatic heterocycles. The van der Waals surface area contributed by atoms with Crippen LogP contribution in [-0.2, 0) is 6.54 Å². The van der Waals surface area contributed by atoms with Crippen LogP contribution < -0.4 is 5.32 Å². The van der Waals surface area contributed by atoms with Gasteiger partial charge >= 0.3 is 0 Å². The van der Waals surface area contributed by atoms with Gasteiger partial charge in [0.15, 0.2) is 0 Å². The molecule has 6 nitrogen and oxygen atoms in total. The lowest BCUT2D eigenvalue weighted by atomic mass is 10.4. The van der Waals surface area contributed by atoms with Gasteiger partial charge in [-0.3, -0.25) is 9.48 Å². The van der Waals surface area contributed by atoms with E-state index in [-0.39, 0.29) is 5.91 Å². The quantitative estimate of drug-likeness (QED) is 0.567. The molecule has 0 saturated carbocycles. The van der Waals surface area contributed by atoms with Gasteiger partial charge in [0.1, 0.15) is 10.5 Å². The van der Waals surface area contributed by atoms with Crippen LogP contribution in [0.15, 0.2) is 58.9 Å². The van der Waals surface area contributed by atoms with E-state index in [9.17, 15) is 4.79 Å². The summed E-state index contributed by atoms with van der Waals surface area (Å²) in [5.74, 6) is -0.149. The largest absolute Gasteiger partial charge is 0.319 e. The SMILES string of the molecule is O=C(Nc1cnn(Cc2cn3ccccc3n2)c1)c1sccc1Br. The van der Waals surface area contributed by atoms with Crippen LogP contribution in [0.4, 0.5) is 5.69 Å². The second-order valence-electron chi connectivity index (χ2n) is 5.18. The molecule has 0 unspecified atom stereocenters. The summed E-state index contributed by atoms with van der Waals surface area (Å²) in [6, 6.07) is 7.72. The van der Waals surface area contributed by atoms with Crippen molar-refractivity contribution in [1.82, 2.24) is 19.2 Å². The number of nitrogens with one attached hydrogen (secondary N) is 1. The van der Waals surface area contributed by atoms with E-state index in [0.29, 0.717) is 17.1 Å². The van der Waals surface area contributed by atoms with Gasteiger partial charge in [-0.25, -0.2) is 4.98 Å². The Morgan fingerprint density at radius 2 is 2.21 bits per heavy atom. The van der Waals surface area contributed by atoms with E-state index in [1.54, 1.807) is 17.1 Å². The van der Waals surface area contributed by atoms with Crippen molar-refractivity contribution >= 4 is 44.5 Å². The number of hydrogen-bond donors (Lipinski definition) is 1. The molecule has 24 heavy (non-hydrogen) atoms. The van der Waals surface area contributed by atoms with Crippen molar-refractivity contribution in [3.63, 3.8) is 0 Å². The number of nitrogens with zero attached hydrogens (tertiary/aromatic N) is 4. The van der Waals surface area contributed by atoms with E-state index in [4.69, 9.17) is 0 Å². The third-order valence-corrected chi connectivity index (χ3v) is 5.29. The standard InChI is InChI=1S/C16H12BrN5OS/c17-13-4-6-24-15(13)16(23)20-11-7-18-22(9-11)10-12-8-21-5-2-1-3-14(21)19-12/h1-9H,10H2,(H,20,23). The molecule has 0 aliphatic heterocycles. The number of fused-ring (bicyclic) bond motifs is 1. The van der Waals surface area contributed by atoms with E-state index in [1.807, 2.05) is 46.4 Å². The Morgan fingerprint density at radius 3 is 3.00 bits per heavy atom. The normalized spacial score (nSPS) is 11.0. The summed E-state index contributed by atoms with van der Waals surface area (Å²) >= 11 is 4.75. The molecular weight excluding hydrogens is 390 g/mol. The lowest BCUT2D eigenvalue weighted by Gasteiger charge is -2.00. The number of pyridine rings is 1. The van der Waals surface area contributed by atoms with Crippen molar-refractivity contribution in [3.05, 3.63) is 69.5 Å². The summed E-state index contributed by atoms with van der Waals surface area (Å²) in [6.45, 7) is 0.542. The zero-order chi connectivity index (χ0) is 16.5. The van der Waals surface area contributed by atoms with Crippen LogP contribution in [0.5, 0.6) is 0 Å². The fraction of sp³-hybridized carbons (Fsp3) is 0.0625. The van der Waals surface area contributed by atoms with Crippen molar-refractivity contribution in [3.8, 4) is 0 Å². The van der Waals surface area contributed by atoms with Crippen molar-refractivity contribution in [1.29, 1.82) is 0 Å². The van der Waals surface area contributed by atoms with Crippen LogP contribution in [0.25, 0.3) is 5.65 Å². The van der Waals surface area contributed by atoms with Gasteiger partial charge in [0.2, 0.25) is 0 Å². The monoisotopic (exact) mass is 401 g/mol. The van der Waals surface area contributed by atoms with Gasteiger partial charge in [-0.2, -0.15) is 5.10 Å². The molecule has 4 heterocycles. The molecular formula is C16H12BrN5OS. The van der Waals surface area contributed by atoms with Gasteiger partial charge in [-0.15, -0.1) is 11.3 Å². The Morgan fingerprint density at radius 1 is 1.29 bits per heavy atom. The molecule has 0 spiro atoms. The number of imidazole rings is 1. The smallest absolute Gasteiger partial charge is 0.266 e. The third kappa shape index (κ3) is 2.98. The number of rotatable bonds is 4. The molecule has 4 rings (SSSR count). The first kappa shape index (κ1) is 15.1. The highest BCUT2D eigenvalue weighted by molar-refractivity contribution is 9.10. The highest BCUT2D eigenvalue weighted by Gasteiger charge is 2.12. The third-order valence-electron chi connectivity index (χ3n) is 3.45. The van der Waals surface area contributed by atoms with Crippen LogP contribution in [0.1, 0.15) is 15.4 Å². The summed E-state index contributed by atoms with van der Waals surface area (Å²) < 4.78 is 4.51. The molecule has 8 heteroatoms. The molecule has 0 saturated heterocycles. The molecule has 0 aliphatic carbocycles. The molecule has 0 radical (unpaired) electrons. The average molecular weight is 402 g/mol. The number of carbonyl (C=O) groups is 1. The number of anilines is 1. The number of hydrogen-bond acceptors (Lipinski definition) is 4. The molecule has 0 aliphatic rings. The zero-order valence-corrected chi connectivity index (χ0v) is 14.8. The maximum absolute atomic E-state index is 12.2. The highest BCUT2D eigenvalue weighted by atomic mass is 79.9. The number of thiophene rings is 1. The Labute approximate surface area is 149 Å². The first-order valence-electron chi connectivity index (χ1n) is 7.18. The van der Waals surface area contributed by atoms with Crippen LogP contribution >= 0.6 is 27.3 Å². The maximum atomic E-state index is 12.2. The first-order chi connectivity index (χ1) is 11.7. The number of carbonyl (C=O) groups excluding carboxylic acids is 1. The van der Waals surface area contributed by atoms with Crippen LogP contribution in [-0.4, -0.2) is 25.1 Å². The fourth-order valence-corrected chi connectivity index (χ4v) is 3.83. The van der Waals surface area contributed by atoms with Gasteiger partial charge in [0.25, 0.3) is 5.91 Å². The fourth-order valence-electron chi connectivity index (χ4n) is 2.39. The number of halogens is 1. The van der Waals surface area contributed by atoms with Crippen molar-refractivity contribution in [2.45, 2.75) is 6.54 Å². The summed E-state index contributed by atoms with van der Waals surface area (Å²) in [5, 5.41) is 9.00. The predicted octanol–water partition coefficient (Wildman–Crippen LogP) is 3.66. The maximum Gasteiger partial charge on any atom is 0.266 e. The Balaban J connectivity index is 1.48. The highest BCUT2D eigenvalue weighted by Crippen LogP contribution is 2.23. The van der Waals surface area contributed by atoms with Gasteiger partial charge < -0.3 is 9.72 Å². The molecule has 0 fully saturated rings. The van der Waals surface area contributed by atoms with Gasteiger partial charge in [-0.05, 0) is 39.5 Å². The Bertz CT molecular complexity index is 985. The average Bonchev–Trinajstić information content (AvgIpc) is 3.27. The summed E-state index contributed by atoms with van der Waals surface area (Å²) in [4.78, 5) is 17.4. The molecule has 0 atom stereocenters. The second-order valence-corrected chi connectivity index (χ2v) is 6.95. The second kappa shape index (κ2) is 6.21. The van der Waals surface area contributed by atoms with Gasteiger partial charge in [0.05, 0.1) is 24.1 Å². The summed E-state index contributed by atoms with van der Waals surface area (Å²) in [7, 11) is 0. The van der Waals surface area contributed by atoms with E-state index in [2.05, 4.69) is 31.3 Å². The van der Waals surface area contributed by atoms with E-state index in [1.165, 1.54) is 11.3 Å². The summed E-state index contributed by atoms with van der Waals surface area (Å²) in [6.07, 6.45) is 7.36. The van der Waals surface area contributed by atoms with E-state index in [0.717, 1.165) is 15.8 Å². The predicted molar refractivity (Wildman–Crippen MR) is 96.5 cm³/mol. The lowest BCUT2D eigenvalue weighted by Crippen LogP contribution is -2.10. The van der Waals surface area contributed by atoms with Gasteiger partial charge in [0, 0.05) is 23.1 Å². The van der Waals surface area contributed by atoms with Crippen molar-refractivity contribution in [2.24, 2.45) is 0 Å². The summed E-state index contributed by atoms with van der Waals surface area (Å²) in [5.41, 5.74) is 2.46. The zero-order valence-electron chi connectivity index (χ0n) is 12.4. The van der Waals surface area contributed by atoms with Gasteiger partial charge in [-0.1, -0.05) is 6.07 Å². The molecule has 1 N–H and O–H groups in total. The molecule has 0 bridgehead atoms. The van der Waals surface area contributed by atoms with E-state index < -0.39 is 0 Å². The van der Waals surface area contributed by atoms with Crippen LogP contribution in [0.3, 0.4) is 0 Å². The molecule has 120 valence electrons. The van der Waals surface area contributed by atoms with Crippen LogP contribution in [0, 0.1) is 0 Å². The van der Waals surface area contributed by atoms with Crippen molar-refractivity contribution in [2.75, 3.05) is 5.32 Å². The molecule has 4 aromatic rings. The molecule has 0 aromatic carbocycles. The number of aromatic nitrogens is 4. The van der Waals surface area contributed by atoms with E-state index >= 15 is 0 Å². The van der Waals surface area contributed by atoms with Crippen molar-refractivity contribution < 1.29 is 4.79 Å². The topological polar surface area (TPSA) is 64.2 Å². The van der Waals surface area contributed by atoms with Crippen LogP contribution in [0.2, 0.25) is 0 Å². The Kier molecular flexibility index (Phi) is 3.91. The minimum Gasteiger partial charge on any atom is -0.319 e. The molecule has 1 amide bonds. The lowest BCUT2D eigenvalue weighted by molar-refractivity contribution is 0.103.